The van der Waals surface area contributed by atoms with Crippen molar-refractivity contribution in [3.63, 3.8) is 0 Å². The molecule has 3 fully saturated rings. The van der Waals surface area contributed by atoms with E-state index in [1.807, 2.05) is 25.7 Å². The number of amides is 2. The lowest BCUT2D eigenvalue weighted by molar-refractivity contribution is -0.143. The fourth-order valence-electron chi connectivity index (χ4n) is 7.17. The number of likely N-dealkylation sites (tertiary alicyclic amines) is 2. The number of rotatable bonds is 5. The average molecular weight is 722 g/mol. The molecule has 2 amide bonds. The Morgan fingerprint density at radius 1 is 0.750 bits per heavy atom. The van der Waals surface area contributed by atoms with Crippen LogP contribution < -0.4 is 0 Å². The van der Waals surface area contributed by atoms with Crippen molar-refractivity contribution in [3.8, 4) is 0 Å². The third-order valence-electron chi connectivity index (χ3n) is 9.71. The number of piperidine rings is 1. The Balaban J connectivity index is 1.32. The SMILES string of the molecule is CC(C)(C)C(=O)N1CCC(N2CCN(C3CCN(C(=O)c4cc(C(F)(F)F)cc(C(F)(F)F)c4)C(Cc4ccc(Cl)c(Cl)c4)C3)CC2)C1. The summed E-state index contributed by atoms with van der Waals surface area (Å²) in [7, 11) is 0. The van der Waals surface area contributed by atoms with E-state index in [1.165, 1.54) is 4.90 Å². The molecule has 0 saturated carbocycles. The average Bonchev–Trinajstić information content (AvgIpc) is 3.51. The maximum absolute atomic E-state index is 13.8. The number of alkyl halides is 6. The molecule has 48 heavy (non-hydrogen) atoms. The second-order valence-corrected chi connectivity index (χ2v) is 14.9. The number of piperazine rings is 1. The van der Waals surface area contributed by atoms with E-state index in [0.29, 0.717) is 48.0 Å². The smallest absolute Gasteiger partial charge is 0.341 e. The highest BCUT2D eigenvalue weighted by Gasteiger charge is 2.41. The standard InChI is InChI=1S/C34H40Cl2F6N4O2/c1-32(2,3)31(48)45-8-6-26(20-45)44-12-10-43(11-13-44)25-7-9-46(27(19-25)14-21-4-5-28(35)29(36)15-21)30(47)22-16-23(33(37,38)39)18-24(17-22)34(40,41)42/h4-5,15-18,25-27H,6-14,19-20H2,1-3H3. The van der Waals surface area contributed by atoms with E-state index in [4.69, 9.17) is 23.2 Å². The third-order valence-corrected chi connectivity index (χ3v) is 10.5. The van der Waals surface area contributed by atoms with E-state index in [1.54, 1.807) is 18.2 Å². The molecule has 0 N–H and O–H groups in total. The first-order chi connectivity index (χ1) is 22.3. The third kappa shape index (κ3) is 8.42. The van der Waals surface area contributed by atoms with E-state index in [9.17, 15) is 35.9 Å². The van der Waals surface area contributed by atoms with Crippen LogP contribution in [0.1, 0.15) is 67.1 Å². The lowest BCUT2D eigenvalue weighted by Gasteiger charge is -2.47. The maximum Gasteiger partial charge on any atom is 0.416 e. The number of hydrogen-bond acceptors (Lipinski definition) is 4. The number of halogens is 8. The first kappa shape index (κ1) is 36.7. The first-order valence-corrected chi connectivity index (χ1v) is 16.9. The summed E-state index contributed by atoms with van der Waals surface area (Å²) in [6.45, 7) is 10.5. The Morgan fingerprint density at radius 3 is 1.85 bits per heavy atom. The van der Waals surface area contributed by atoms with Gasteiger partial charge in [0.15, 0.2) is 0 Å². The zero-order valence-electron chi connectivity index (χ0n) is 27.1. The van der Waals surface area contributed by atoms with Crippen LogP contribution >= 0.6 is 23.2 Å². The van der Waals surface area contributed by atoms with Crippen molar-refractivity contribution < 1.29 is 35.9 Å². The fraction of sp³-hybridized carbons (Fsp3) is 0.588. The summed E-state index contributed by atoms with van der Waals surface area (Å²) in [4.78, 5) is 34.7. The summed E-state index contributed by atoms with van der Waals surface area (Å²) in [5, 5.41) is 0.641. The zero-order chi connectivity index (χ0) is 35.2. The van der Waals surface area contributed by atoms with Crippen LogP contribution in [-0.2, 0) is 23.6 Å². The topological polar surface area (TPSA) is 47.1 Å². The molecule has 3 atom stereocenters. The predicted octanol–water partition coefficient (Wildman–Crippen LogP) is 7.51. The summed E-state index contributed by atoms with van der Waals surface area (Å²) in [6.07, 6.45) is -7.92. The molecule has 2 aromatic rings. The van der Waals surface area contributed by atoms with Crippen LogP contribution in [0, 0.1) is 5.41 Å². The number of carbonyl (C=O) groups excluding carboxylic acids is 2. The molecule has 3 heterocycles. The van der Waals surface area contributed by atoms with Crippen LogP contribution in [0.25, 0.3) is 0 Å². The highest BCUT2D eigenvalue weighted by atomic mass is 35.5. The van der Waals surface area contributed by atoms with Crippen LogP contribution in [0.4, 0.5) is 26.3 Å². The Morgan fingerprint density at radius 2 is 1.31 bits per heavy atom. The minimum atomic E-state index is -5.07. The summed E-state index contributed by atoms with van der Waals surface area (Å²) in [6, 6.07) is 5.89. The molecule has 14 heteroatoms. The molecule has 3 aliphatic heterocycles. The summed E-state index contributed by atoms with van der Waals surface area (Å²) < 4.78 is 81.7. The zero-order valence-corrected chi connectivity index (χ0v) is 28.6. The van der Waals surface area contributed by atoms with Gasteiger partial charge in [-0.2, -0.15) is 26.3 Å². The van der Waals surface area contributed by atoms with Gasteiger partial charge in [-0.05, 0) is 61.6 Å². The van der Waals surface area contributed by atoms with Crippen molar-refractivity contribution in [3.05, 3.63) is 68.7 Å². The van der Waals surface area contributed by atoms with Gasteiger partial charge in [-0.1, -0.05) is 50.0 Å². The molecule has 264 valence electrons. The molecule has 3 saturated heterocycles. The summed E-state index contributed by atoms with van der Waals surface area (Å²) in [5.74, 6) is -0.728. The molecule has 5 rings (SSSR count). The molecular weight excluding hydrogens is 681 g/mol. The van der Waals surface area contributed by atoms with Gasteiger partial charge in [-0.25, -0.2) is 0 Å². The molecule has 0 aromatic heterocycles. The van der Waals surface area contributed by atoms with Crippen LogP contribution in [0.2, 0.25) is 10.0 Å². The molecule has 3 aliphatic rings. The van der Waals surface area contributed by atoms with Crippen molar-refractivity contribution >= 4 is 35.0 Å². The second-order valence-electron chi connectivity index (χ2n) is 14.1. The largest absolute Gasteiger partial charge is 0.416 e. The molecule has 0 spiro atoms. The van der Waals surface area contributed by atoms with E-state index in [0.717, 1.165) is 44.7 Å². The monoisotopic (exact) mass is 720 g/mol. The Kier molecular flexibility index (Phi) is 10.7. The van der Waals surface area contributed by atoms with E-state index in [2.05, 4.69) is 9.80 Å². The minimum Gasteiger partial charge on any atom is -0.341 e. The van der Waals surface area contributed by atoms with Gasteiger partial charge in [0, 0.05) is 74.9 Å². The molecule has 0 bridgehead atoms. The van der Waals surface area contributed by atoms with Gasteiger partial charge in [-0.15, -0.1) is 0 Å². The molecule has 0 radical (unpaired) electrons. The van der Waals surface area contributed by atoms with E-state index in [-0.39, 0.29) is 30.6 Å². The number of benzene rings is 2. The molecule has 2 aromatic carbocycles. The minimum absolute atomic E-state index is 0.0292. The van der Waals surface area contributed by atoms with Crippen LogP contribution in [0.15, 0.2) is 36.4 Å². The van der Waals surface area contributed by atoms with Crippen molar-refractivity contribution in [2.75, 3.05) is 45.8 Å². The number of nitrogens with zero attached hydrogens (tertiary/aromatic N) is 4. The predicted molar refractivity (Wildman–Crippen MR) is 172 cm³/mol. The molecule has 0 aliphatic carbocycles. The van der Waals surface area contributed by atoms with E-state index < -0.39 is 46.4 Å². The van der Waals surface area contributed by atoms with Crippen molar-refractivity contribution in [2.45, 2.75) is 76.9 Å². The van der Waals surface area contributed by atoms with Crippen LogP contribution in [0.5, 0.6) is 0 Å². The van der Waals surface area contributed by atoms with E-state index >= 15 is 0 Å². The summed E-state index contributed by atoms with van der Waals surface area (Å²) >= 11 is 12.4. The van der Waals surface area contributed by atoms with Gasteiger partial charge in [0.05, 0.1) is 21.2 Å². The second kappa shape index (κ2) is 14.0. The maximum atomic E-state index is 13.8. The van der Waals surface area contributed by atoms with Crippen LogP contribution in [0.3, 0.4) is 0 Å². The van der Waals surface area contributed by atoms with Gasteiger partial charge in [0.1, 0.15) is 0 Å². The highest BCUT2D eigenvalue weighted by Crippen LogP contribution is 2.38. The van der Waals surface area contributed by atoms with Gasteiger partial charge in [0.2, 0.25) is 5.91 Å². The van der Waals surface area contributed by atoms with Crippen LogP contribution in [-0.4, -0.2) is 95.4 Å². The number of hydrogen-bond donors (Lipinski definition) is 0. The van der Waals surface area contributed by atoms with Crippen molar-refractivity contribution in [1.29, 1.82) is 0 Å². The van der Waals surface area contributed by atoms with Gasteiger partial charge >= 0.3 is 12.4 Å². The normalized spacial score (nSPS) is 23.5. The molecular formula is C34H40Cl2F6N4O2. The van der Waals surface area contributed by atoms with Gasteiger partial charge in [-0.3, -0.25) is 19.4 Å². The summed E-state index contributed by atoms with van der Waals surface area (Å²) in [5.41, 5.74) is -3.39. The lowest BCUT2D eigenvalue weighted by Crippen LogP contribution is -2.58. The van der Waals surface area contributed by atoms with Crippen molar-refractivity contribution in [2.24, 2.45) is 5.41 Å². The molecule has 3 unspecified atom stereocenters. The van der Waals surface area contributed by atoms with Crippen molar-refractivity contribution in [1.82, 2.24) is 19.6 Å². The van der Waals surface area contributed by atoms with Gasteiger partial charge in [0.25, 0.3) is 5.91 Å². The Hall–Kier alpha value is -2.54. The lowest BCUT2D eigenvalue weighted by atomic mass is 9.90. The quantitative estimate of drug-likeness (QED) is 0.300. The van der Waals surface area contributed by atoms with Gasteiger partial charge < -0.3 is 9.80 Å². The fourth-order valence-corrected chi connectivity index (χ4v) is 7.49. The Labute approximate surface area is 286 Å². The molecule has 6 nitrogen and oxygen atoms in total. The number of carbonyl (C=O) groups is 2. The Bertz CT molecular complexity index is 1470. The highest BCUT2D eigenvalue weighted by molar-refractivity contribution is 6.42. The first-order valence-electron chi connectivity index (χ1n) is 16.1.